The van der Waals surface area contributed by atoms with Crippen molar-refractivity contribution in [3.8, 4) is 5.75 Å². The van der Waals surface area contributed by atoms with Gasteiger partial charge in [0, 0.05) is 19.1 Å². The Kier molecular flexibility index (Phi) is 5.01. The first-order chi connectivity index (χ1) is 10.0. The van der Waals surface area contributed by atoms with E-state index < -0.39 is 4.92 Å². The number of anilines is 1. The van der Waals surface area contributed by atoms with Gasteiger partial charge in [-0.1, -0.05) is 6.07 Å². The van der Waals surface area contributed by atoms with Gasteiger partial charge in [-0.05, 0) is 44.9 Å². The number of nitrogens with one attached hydrogen (secondary N) is 1. The van der Waals surface area contributed by atoms with Crippen LogP contribution in [-0.4, -0.2) is 42.6 Å². The van der Waals surface area contributed by atoms with Crippen LogP contribution in [0, 0.1) is 16.0 Å². The number of benzene rings is 1. The first kappa shape index (κ1) is 15.6. The Morgan fingerprint density at radius 2 is 2.29 bits per heavy atom. The summed E-state index contributed by atoms with van der Waals surface area (Å²) in [6, 6.07) is 5.67. The van der Waals surface area contributed by atoms with Crippen LogP contribution >= 0.6 is 0 Å². The molecule has 1 aliphatic heterocycles. The molecule has 21 heavy (non-hydrogen) atoms. The van der Waals surface area contributed by atoms with E-state index in [0.29, 0.717) is 23.4 Å². The maximum absolute atomic E-state index is 11.2. The minimum absolute atomic E-state index is 0.0127. The van der Waals surface area contributed by atoms with Crippen molar-refractivity contribution >= 4 is 11.4 Å². The van der Waals surface area contributed by atoms with Gasteiger partial charge in [-0.25, -0.2) is 0 Å². The highest BCUT2D eigenvalue weighted by Crippen LogP contribution is 2.34. The Hall–Kier alpha value is -1.82. The number of rotatable bonds is 6. The number of methoxy groups -OCH3 is 1. The topological polar surface area (TPSA) is 67.6 Å². The number of para-hydroxylation sites is 1. The molecule has 0 bridgehead atoms. The fourth-order valence-electron chi connectivity index (χ4n) is 2.77. The van der Waals surface area contributed by atoms with Crippen LogP contribution in [0.5, 0.6) is 5.75 Å². The summed E-state index contributed by atoms with van der Waals surface area (Å²) in [6.45, 7) is 7.29. The van der Waals surface area contributed by atoms with E-state index >= 15 is 0 Å². The molecule has 1 unspecified atom stereocenters. The Morgan fingerprint density at radius 3 is 2.86 bits per heavy atom. The molecule has 1 N–H and O–H groups in total. The summed E-state index contributed by atoms with van der Waals surface area (Å²) in [7, 11) is 1.45. The molecular formula is C15H23N3O3. The van der Waals surface area contributed by atoms with Gasteiger partial charge < -0.3 is 15.0 Å². The zero-order chi connectivity index (χ0) is 15.4. The van der Waals surface area contributed by atoms with Crippen LogP contribution in [0.3, 0.4) is 0 Å². The van der Waals surface area contributed by atoms with Crippen molar-refractivity contribution in [3.63, 3.8) is 0 Å². The van der Waals surface area contributed by atoms with Gasteiger partial charge in [0.15, 0.2) is 5.75 Å². The maximum Gasteiger partial charge on any atom is 0.333 e. The summed E-state index contributed by atoms with van der Waals surface area (Å²) in [6.07, 6.45) is 1.13. The van der Waals surface area contributed by atoms with Crippen molar-refractivity contribution in [2.75, 3.05) is 32.1 Å². The van der Waals surface area contributed by atoms with Gasteiger partial charge in [-0.3, -0.25) is 10.1 Å². The normalized spacial score (nSPS) is 19.0. The van der Waals surface area contributed by atoms with E-state index in [2.05, 4.69) is 24.1 Å². The van der Waals surface area contributed by atoms with Crippen LogP contribution in [0.15, 0.2) is 18.2 Å². The van der Waals surface area contributed by atoms with E-state index in [1.54, 1.807) is 18.2 Å². The summed E-state index contributed by atoms with van der Waals surface area (Å²) >= 11 is 0. The van der Waals surface area contributed by atoms with Crippen molar-refractivity contribution in [1.29, 1.82) is 0 Å². The molecule has 1 atom stereocenters. The summed E-state index contributed by atoms with van der Waals surface area (Å²) in [5.74, 6) is 0.818. The van der Waals surface area contributed by atoms with Crippen molar-refractivity contribution in [2.24, 2.45) is 5.92 Å². The molecule has 1 fully saturated rings. The van der Waals surface area contributed by atoms with Gasteiger partial charge in [0.25, 0.3) is 0 Å². The lowest BCUT2D eigenvalue weighted by molar-refractivity contribution is -0.384. The van der Waals surface area contributed by atoms with Crippen molar-refractivity contribution in [1.82, 2.24) is 4.90 Å². The molecule has 2 rings (SSSR count). The van der Waals surface area contributed by atoms with Gasteiger partial charge in [0.1, 0.15) is 5.69 Å². The van der Waals surface area contributed by atoms with E-state index in [-0.39, 0.29) is 5.69 Å². The predicted molar refractivity (Wildman–Crippen MR) is 83.0 cm³/mol. The van der Waals surface area contributed by atoms with Crippen LogP contribution < -0.4 is 10.1 Å². The highest BCUT2D eigenvalue weighted by atomic mass is 16.6. The second-order valence-electron chi connectivity index (χ2n) is 5.74. The number of ether oxygens (including phenoxy) is 1. The fourth-order valence-corrected chi connectivity index (χ4v) is 2.77. The number of nitro groups is 1. The lowest BCUT2D eigenvalue weighted by Gasteiger charge is -2.20. The van der Waals surface area contributed by atoms with E-state index in [0.717, 1.165) is 26.1 Å². The average molecular weight is 293 g/mol. The molecule has 0 aromatic heterocycles. The predicted octanol–water partition coefficient (Wildman–Crippen LogP) is 2.75. The Labute approximate surface area is 125 Å². The van der Waals surface area contributed by atoms with E-state index in [1.807, 2.05) is 0 Å². The molecule has 0 spiro atoms. The molecule has 116 valence electrons. The monoisotopic (exact) mass is 293 g/mol. The fraction of sp³-hybridized carbons (Fsp3) is 0.600. The minimum atomic E-state index is -0.393. The van der Waals surface area contributed by atoms with Crippen LogP contribution in [0.25, 0.3) is 0 Å². The third kappa shape index (κ3) is 3.64. The summed E-state index contributed by atoms with van der Waals surface area (Å²) in [4.78, 5) is 13.3. The third-order valence-corrected chi connectivity index (χ3v) is 4.03. The maximum atomic E-state index is 11.2. The smallest absolute Gasteiger partial charge is 0.333 e. The summed E-state index contributed by atoms with van der Waals surface area (Å²) in [5.41, 5.74) is 0.543. The van der Waals surface area contributed by atoms with Gasteiger partial charge >= 0.3 is 5.69 Å². The molecule has 6 heteroatoms. The van der Waals surface area contributed by atoms with E-state index in [4.69, 9.17) is 4.74 Å². The molecule has 0 amide bonds. The Bertz CT molecular complexity index is 505. The molecule has 1 heterocycles. The lowest BCUT2D eigenvalue weighted by Crippen LogP contribution is -2.29. The molecule has 0 aliphatic carbocycles. The number of likely N-dealkylation sites (tertiary alicyclic amines) is 1. The highest BCUT2D eigenvalue weighted by molar-refractivity contribution is 5.68. The molecule has 0 radical (unpaired) electrons. The molecule has 1 aromatic rings. The van der Waals surface area contributed by atoms with Crippen LogP contribution in [-0.2, 0) is 0 Å². The molecule has 1 saturated heterocycles. The minimum Gasteiger partial charge on any atom is -0.490 e. The average Bonchev–Trinajstić information content (AvgIpc) is 2.93. The lowest BCUT2D eigenvalue weighted by atomic mass is 10.1. The van der Waals surface area contributed by atoms with Crippen molar-refractivity contribution in [2.45, 2.75) is 26.3 Å². The van der Waals surface area contributed by atoms with Gasteiger partial charge in [-0.15, -0.1) is 0 Å². The second-order valence-corrected chi connectivity index (χ2v) is 5.74. The van der Waals surface area contributed by atoms with Crippen molar-refractivity contribution in [3.05, 3.63) is 28.3 Å². The molecular weight excluding hydrogens is 270 g/mol. The van der Waals surface area contributed by atoms with Gasteiger partial charge in [0.2, 0.25) is 0 Å². The zero-order valence-corrected chi connectivity index (χ0v) is 12.8. The molecule has 6 nitrogen and oxygen atoms in total. The number of hydrogen-bond acceptors (Lipinski definition) is 5. The number of nitro benzene ring substituents is 1. The van der Waals surface area contributed by atoms with E-state index in [1.165, 1.54) is 7.11 Å². The van der Waals surface area contributed by atoms with Crippen LogP contribution in [0.2, 0.25) is 0 Å². The SMILES string of the molecule is COc1cccc(NCC2CCN(C(C)C)C2)c1[N+](=O)[O-]. The molecule has 1 aliphatic rings. The second kappa shape index (κ2) is 6.76. The molecule has 0 saturated carbocycles. The summed E-state index contributed by atoms with van der Waals surface area (Å²) < 4.78 is 5.08. The first-order valence-electron chi connectivity index (χ1n) is 7.32. The quantitative estimate of drug-likeness (QED) is 0.645. The molecule has 1 aromatic carbocycles. The van der Waals surface area contributed by atoms with E-state index in [9.17, 15) is 10.1 Å². The largest absolute Gasteiger partial charge is 0.490 e. The Balaban J connectivity index is 2.02. The van der Waals surface area contributed by atoms with Gasteiger partial charge in [0.05, 0.1) is 12.0 Å². The Morgan fingerprint density at radius 1 is 1.52 bits per heavy atom. The van der Waals surface area contributed by atoms with Crippen LogP contribution in [0.4, 0.5) is 11.4 Å². The first-order valence-corrected chi connectivity index (χ1v) is 7.32. The highest BCUT2D eigenvalue weighted by Gasteiger charge is 2.25. The van der Waals surface area contributed by atoms with Gasteiger partial charge in [-0.2, -0.15) is 0 Å². The number of nitrogens with zero attached hydrogens (tertiary/aromatic N) is 2. The zero-order valence-electron chi connectivity index (χ0n) is 12.8. The van der Waals surface area contributed by atoms with Crippen molar-refractivity contribution < 1.29 is 9.66 Å². The third-order valence-electron chi connectivity index (χ3n) is 4.03. The summed E-state index contributed by atoms with van der Waals surface area (Å²) in [5, 5.41) is 14.4. The standard InChI is InChI=1S/C15H23N3O3/c1-11(2)17-8-7-12(10-17)9-16-13-5-4-6-14(21-3)15(13)18(19)20/h4-6,11-12,16H,7-10H2,1-3H3. The van der Waals surface area contributed by atoms with Crippen LogP contribution in [0.1, 0.15) is 20.3 Å². The number of hydrogen-bond donors (Lipinski definition) is 1.